The SMILES string of the molecule is CNc1ccc(OC)c(OP(=O)(O)O)c1. The first-order valence-corrected chi connectivity index (χ1v) is 5.60. The maximum absolute atomic E-state index is 10.7. The second kappa shape index (κ2) is 4.53. The Balaban J connectivity index is 3.06. The number of anilines is 1. The van der Waals surface area contributed by atoms with Gasteiger partial charge in [-0.05, 0) is 12.1 Å². The molecule has 3 N–H and O–H groups in total. The van der Waals surface area contributed by atoms with E-state index in [4.69, 9.17) is 14.5 Å². The van der Waals surface area contributed by atoms with Crippen molar-refractivity contribution < 1.29 is 23.6 Å². The lowest BCUT2D eigenvalue weighted by Crippen LogP contribution is -1.96. The molecule has 0 aliphatic carbocycles. The molecule has 0 amide bonds. The van der Waals surface area contributed by atoms with Gasteiger partial charge >= 0.3 is 7.82 Å². The number of methoxy groups -OCH3 is 1. The lowest BCUT2D eigenvalue weighted by atomic mass is 10.3. The van der Waals surface area contributed by atoms with E-state index in [0.29, 0.717) is 5.69 Å². The predicted molar refractivity (Wildman–Crippen MR) is 55.2 cm³/mol. The van der Waals surface area contributed by atoms with Crippen molar-refractivity contribution in [2.75, 3.05) is 19.5 Å². The minimum absolute atomic E-state index is 0.00215. The summed E-state index contributed by atoms with van der Waals surface area (Å²) in [5, 5.41) is 2.82. The molecule has 0 unspecified atom stereocenters. The molecule has 7 heteroatoms. The zero-order valence-corrected chi connectivity index (χ0v) is 9.19. The Labute approximate surface area is 87.1 Å². The standard InChI is InChI=1S/C8H12NO5P/c1-9-6-3-4-7(13-2)8(5-6)14-15(10,11)12/h3-5,9H,1-2H3,(H2,10,11,12). The molecule has 0 saturated heterocycles. The number of ether oxygens (including phenoxy) is 1. The van der Waals surface area contributed by atoms with Crippen LogP contribution in [0.2, 0.25) is 0 Å². The van der Waals surface area contributed by atoms with Crippen molar-refractivity contribution >= 4 is 13.5 Å². The van der Waals surface area contributed by atoms with Gasteiger partial charge in [0.2, 0.25) is 0 Å². The first-order valence-electron chi connectivity index (χ1n) is 4.07. The third-order valence-electron chi connectivity index (χ3n) is 1.67. The van der Waals surface area contributed by atoms with Gasteiger partial charge in [0, 0.05) is 18.8 Å². The summed E-state index contributed by atoms with van der Waals surface area (Å²) in [5.74, 6) is 0.259. The summed E-state index contributed by atoms with van der Waals surface area (Å²) in [4.78, 5) is 17.3. The summed E-state index contributed by atoms with van der Waals surface area (Å²) in [7, 11) is -1.49. The first-order chi connectivity index (χ1) is 6.96. The van der Waals surface area contributed by atoms with Crippen molar-refractivity contribution in [1.29, 1.82) is 0 Å². The normalized spacial score (nSPS) is 10.9. The molecule has 1 aromatic carbocycles. The maximum atomic E-state index is 10.7. The molecule has 0 radical (unpaired) electrons. The summed E-state index contributed by atoms with van der Waals surface area (Å²) in [6, 6.07) is 4.69. The second-order valence-corrected chi connectivity index (χ2v) is 3.86. The number of benzene rings is 1. The minimum Gasteiger partial charge on any atom is -0.493 e. The Morgan fingerprint density at radius 2 is 2.00 bits per heavy atom. The number of phosphoric acid groups is 1. The molecule has 15 heavy (non-hydrogen) atoms. The van der Waals surface area contributed by atoms with Gasteiger partial charge in [0.15, 0.2) is 11.5 Å². The van der Waals surface area contributed by atoms with E-state index in [2.05, 4.69) is 9.84 Å². The van der Waals surface area contributed by atoms with Crippen LogP contribution in [0.15, 0.2) is 18.2 Å². The highest BCUT2D eigenvalue weighted by Crippen LogP contribution is 2.42. The molecule has 0 fully saturated rings. The molecule has 0 aromatic heterocycles. The van der Waals surface area contributed by atoms with E-state index in [0.717, 1.165) is 0 Å². The third kappa shape index (κ3) is 3.43. The largest absolute Gasteiger partial charge is 0.524 e. The number of nitrogens with one attached hydrogen (secondary N) is 1. The first kappa shape index (κ1) is 11.8. The van der Waals surface area contributed by atoms with E-state index in [1.54, 1.807) is 19.2 Å². The van der Waals surface area contributed by atoms with E-state index >= 15 is 0 Å². The van der Waals surface area contributed by atoms with Gasteiger partial charge in [-0.15, -0.1) is 0 Å². The fraction of sp³-hybridized carbons (Fsp3) is 0.250. The number of phosphoric ester groups is 1. The van der Waals surface area contributed by atoms with Crippen LogP contribution in [0.3, 0.4) is 0 Å². The summed E-state index contributed by atoms with van der Waals surface area (Å²) >= 11 is 0. The van der Waals surface area contributed by atoms with Crippen LogP contribution in [0.1, 0.15) is 0 Å². The quantitative estimate of drug-likeness (QED) is 0.677. The minimum atomic E-state index is -4.57. The van der Waals surface area contributed by atoms with Gasteiger partial charge in [-0.2, -0.15) is 0 Å². The third-order valence-corrected chi connectivity index (χ3v) is 2.10. The molecule has 6 nitrogen and oxygen atoms in total. The van der Waals surface area contributed by atoms with Crippen LogP contribution < -0.4 is 14.6 Å². The Kier molecular flexibility index (Phi) is 3.57. The summed E-state index contributed by atoms with van der Waals surface area (Å²) in [6.45, 7) is 0. The maximum Gasteiger partial charge on any atom is 0.524 e. The van der Waals surface area contributed by atoms with Gasteiger partial charge < -0.3 is 14.6 Å². The number of hydrogen-bond donors (Lipinski definition) is 3. The lowest BCUT2D eigenvalue weighted by Gasteiger charge is -2.12. The van der Waals surface area contributed by atoms with E-state index in [9.17, 15) is 4.57 Å². The summed E-state index contributed by atoms with van der Waals surface area (Å²) in [5.41, 5.74) is 0.666. The fourth-order valence-corrected chi connectivity index (χ4v) is 1.43. The van der Waals surface area contributed by atoms with Crippen LogP contribution >= 0.6 is 7.82 Å². The number of hydrogen-bond acceptors (Lipinski definition) is 4. The van der Waals surface area contributed by atoms with Crippen LogP contribution in [-0.4, -0.2) is 23.9 Å². The Hall–Kier alpha value is -1.23. The van der Waals surface area contributed by atoms with Crippen molar-refractivity contribution in [3.05, 3.63) is 18.2 Å². The van der Waals surface area contributed by atoms with Crippen LogP contribution in [0.5, 0.6) is 11.5 Å². The number of rotatable bonds is 4. The van der Waals surface area contributed by atoms with E-state index in [1.807, 2.05) is 0 Å². The van der Waals surface area contributed by atoms with Gasteiger partial charge in [0.1, 0.15) is 0 Å². The van der Waals surface area contributed by atoms with Crippen LogP contribution in [-0.2, 0) is 4.57 Å². The van der Waals surface area contributed by atoms with E-state index in [-0.39, 0.29) is 11.5 Å². The molecule has 0 aliphatic rings. The smallest absolute Gasteiger partial charge is 0.493 e. The van der Waals surface area contributed by atoms with Crippen molar-refractivity contribution in [2.45, 2.75) is 0 Å². The Morgan fingerprint density at radius 1 is 1.33 bits per heavy atom. The van der Waals surface area contributed by atoms with Crippen LogP contribution in [0.25, 0.3) is 0 Å². The van der Waals surface area contributed by atoms with Crippen molar-refractivity contribution in [2.24, 2.45) is 0 Å². The molecule has 1 aromatic rings. The molecular weight excluding hydrogens is 221 g/mol. The van der Waals surface area contributed by atoms with Crippen molar-refractivity contribution in [1.82, 2.24) is 0 Å². The van der Waals surface area contributed by atoms with Gasteiger partial charge in [-0.1, -0.05) is 0 Å². The average Bonchev–Trinajstić information content (AvgIpc) is 2.15. The zero-order chi connectivity index (χ0) is 11.5. The second-order valence-electron chi connectivity index (χ2n) is 2.70. The summed E-state index contributed by atoms with van der Waals surface area (Å²) in [6.07, 6.45) is 0. The monoisotopic (exact) mass is 233 g/mol. The van der Waals surface area contributed by atoms with Crippen LogP contribution in [0.4, 0.5) is 5.69 Å². The van der Waals surface area contributed by atoms with Gasteiger partial charge in [0.25, 0.3) is 0 Å². The molecule has 84 valence electrons. The van der Waals surface area contributed by atoms with E-state index in [1.165, 1.54) is 13.2 Å². The van der Waals surface area contributed by atoms with Crippen molar-refractivity contribution in [3.8, 4) is 11.5 Å². The lowest BCUT2D eigenvalue weighted by molar-refractivity contribution is 0.276. The molecule has 0 saturated carbocycles. The molecular formula is C8H12NO5P. The van der Waals surface area contributed by atoms with Crippen LogP contribution in [0, 0.1) is 0 Å². The highest BCUT2D eigenvalue weighted by Gasteiger charge is 2.19. The highest BCUT2D eigenvalue weighted by atomic mass is 31.2. The molecule has 0 spiro atoms. The van der Waals surface area contributed by atoms with Crippen molar-refractivity contribution in [3.63, 3.8) is 0 Å². The molecule has 0 bridgehead atoms. The van der Waals surface area contributed by atoms with Gasteiger partial charge in [0.05, 0.1) is 7.11 Å². The average molecular weight is 233 g/mol. The highest BCUT2D eigenvalue weighted by molar-refractivity contribution is 7.46. The Morgan fingerprint density at radius 3 is 2.47 bits per heavy atom. The zero-order valence-electron chi connectivity index (χ0n) is 8.30. The van der Waals surface area contributed by atoms with E-state index < -0.39 is 7.82 Å². The Bertz CT molecular complexity index is 389. The topological polar surface area (TPSA) is 88.0 Å². The van der Waals surface area contributed by atoms with Gasteiger partial charge in [-0.3, -0.25) is 9.79 Å². The molecule has 1 rings (SSSR count). The molecule has 0 heterocycles. The molecule has 0 atom stereocenters. The predicted octanol–water partition coefficient (Wildman–Crippen LogP) is 1.21. The molecule has 0 aliphatic heterocycles. The fourth-order valence-electron chi connectivity index (χ4n) is 1.03. The van der Waals surface area contributed by atoms with Gasteiger partial charge in [-0.25, -0.2) is 4.57 Å². The summed E-state index contributed by atoms with van der Waals surface area (Å²) < 4.78 is 20.0.